The normalized spacial score (nSPS) is 12.1. The van der Waals surface area contributed by atoms with Crippen molar-refractivity contribution in [3.05, 3.63) is 60.2 Å². The maximum atomic E-state index is 11.9. The summed E-state index contributed by atoms with van der Waals surface area (Å²) in [5, 5.41) is 0. The first kappa shape index (κ1) is 11.8. The van der Waals surface area contributed by atoms with E-state index < -0.39 is 11.0 Å². The van der Waals surface area contributed by atoms with Crippen molar-refractivity contribution in [1.82, 2.24) is 4.83 Å². The summed E-state index contributed by atoms with van der Waals surface area (Å²) in [4.78, 5) is 3.51. The van der Waals surface area contributed by atoms with Gasteiger partial charge in [-0.2, -0.15) is 0 Å². The first-order valence-electron chi connectivity index (χ1n) is 5.31. The second kappa shape index (κ2) is 5.61. The smallest absolute Gasteiger partial charge is 0.143 e. The number of hydrogen-bond acceptors (Lipinski definition) is 2. The van der Waals surface area contributed by atoms with Crippen molar-refractivity contribution in [3.8, 4) is 0 Å². The van der Waals surface area contributed by atoms with E-state index in [0.717, 1.165) is 16.1 Å². The summed E-state index contributed by atoms with van der Waals surface area (Å²) < 4.78 is 11.9. The maximum absolute atomic E-state index is 11.9. The average molecular weight is 246 g/mol. The number of para-hydroxylation sites is 1. The monoisotopic (exact) mass is 246 g/mol. The van der Waals surface area contributed by atoms with E-state index in [1.165, 1.54) is 0 Å². The Morgan fingerprint density at radius 2 is 1.59 bits per heavy atom. The molecule has 0 saturated heterocycles. The van der Waals surface area contributed by atoms with E-state index in [4.69, 9.17) is 0 Å². The first-order valence-corrected chi connectivity index (χ1v) is 6.46. The van der Waals surface area contributed by atoms with Crippen LogP contribution < -0.4 is 10.3 Å². The summed E-state index contributed by atoms with van der Waals surface area (Å²) in [6.45, 7) is 2.00. The van der Waals surface area contributed by atoms with Gasteiger partial charge in [0.05, 0.1) is 4.90 Å². The van der Waals surface area contributed by atoms with Crippen LogP contribution in [0.3, 0.4) is 0 Å². The maximum Gasteiger partial charge on any atom is 0.143 e. The topological polar surface area (TPSA) is 41.1 Å². The minimum atomic E-state index is -1.25. The van der Waals surface area contributed by atoms with Crippen LogP contribution in [0.25, 0.3) is 0 Å². The molecule has 2 aromatic carbocycles. The molecule has 0 bridgehead atoms. The van der Waals surface area contributed by atoms with Gasteiger partial charge in [0.15, 0.2) is 0 Å². The SMILES string of the molecule is Cc1ccc(S(=O)NNc2ccccc2)cc1. The van der Waals surface area contributed by atoms with Crippen molar-refractivity contribution in [2.75, 3.05) is 5.43 Å². The fourth-order valence-electron chi connectivity index (χ4n) is 1.35. The Morgan fingerprint density at radius 1 is 0.941 bits per heavy atom. The molecular formula is C13H14N2OS. The fraction of sp³-hybridized carbons (Fsp3) is 0.0769. The molecular weight excluding hydrogens is 232 g/mol. The van der Waals surface area contributed by atoms with Gasteiger partial charge in [-0.1, -0.05) is 35.9 Å². The Labute approximate surface area is 103 Å². The molecule has 0 saturated carbocycles. The van der Waals surface area contributed by atoms with Gasteiger partial charge in [-0.3, -0.25) is 0 Å². The summed E-state index contributed by atoms with van der Waals surface area (Å²) in [5.74, 6) is 0. The van der Waals surface area contributed by atoms with Gasteiger partial charge in [0, 0.05) is 5.69 Å². The van der Waals surface area contributed by atoms with Crippen LogP contribution in [0.1, 0.15) is 5.56 Å². The van der Waals surface area contributed by atoms with Crippen LogP contribution in [-0.2, 0) is 11.0 Å². The van der Waals surface area contributed by atoms with Gasteiger partial charge >= 0.3 is 0 Å². The van der Waals surface area contributed by atoms with Gasteiger partial charge in [0.1, 0.15) is 11.0 Å². The van der Waals surface area contributed by atoms with Gasteiger partial charge in [-0.25, -0.2) is 4.21 Å². The third-order valence-corrected chi connectivity index (χ3v) is 3.28. The number of hydrazine groups is 1. The molecule has 3 nitrogen and oxygen atoms in total. The van der Waals surface area contributed by atoms with Crippen molar-refractivity contribution in [2.45, 2.75) is 11.8 Å². The molecule has 0 amide bonds. The highest BCUT2D eigenvalue weighted by atomic mass is 32.2. The predicted molar refractivity (Wildman–Crippen MR) is 70.8 cm³/mol. The number of anilines is 1. The molecule has 0 aliphatic heterocycles. The van der Waals surface area contributed by atoms with E-state index in [0.29, 0.717) is 0 Å². The van der Waals surface area contributed by atoms with Gasteiger partial charge in [-0.05, 0) is 31.2 Å². The zero-order valence-electron chi connectivity index (χ0n) is 9.51. The molecule has 2 aromatic rings. The van der Waals surface area contributed by atoms with Crippen LogP contribution in [0.2, 0.25) is 0 Å². The minimum Gasteiger partial charge on any atom is -0.310 e. The fourth-order valence-corrected chi connectivity index (χ4v) is 2.06. The summed E-state index contributed by atoms with van der Waals surface area (Å²) >= 11 is 0. The zero-order valence-corrected chi connectivity index (χ0v) is 10.3. The molecule has 17 heavy (non-hydrogen) atoms. The van der Waals surface area contributed by atoms with E-state index in [1.54, 1.807) is 0 Å². The van der Waals surface area contributed by atoms with E-state index >= 15 is 0 Å². The van der Waals surface area contributed by atoms with Crippen LogP contribution in [0.5, 0.6) is 0 Å². The molecule has 2 N–H and O–H groups in total. The van der Waals surface area contributed by atoms with Gasteiger partial charge < -0.3 is 5.43 Å². The van der Waals surface area contributed by atoms with E-state index in [2.05, 4.69) is 10.3 Å². The van der Waals surface area contributed by atoms with E-state index in [9.17, 15) is 4.21 Å². The molecule has 1 atom stereocenters. The third-order valence-electron chi connectivity index (χ3n) is 2.30. The Kier molecular flexibility index (Phi) is 3.90. The highest BCUT2D eigenvalue weighted by Gasteiger charge is 2.01. The lowest BCUT2D eigenvalue weighted by atomic mass is 10.2. The molecule has 0 aromatic heterocycles. The summed E-state index contributed by atoms with van der Waals surface area (Å²) in [5.41, 5.74) is 4.94. The number of benzene rings is 2. The first-order chi connectivity index (χ1) is 8.25. The number of hydrogen-bond donors (Lipinski definition) is 2. The molecule has 0 aliphatic carbocycles. The highest BCUT2D eigenvalue weighted by molar-refractivity contribution is 7.83. The number of aryl methyl sites for hydroxylation is 1. The lowest BCUT2D eigenvalue weighted by Gasteiger charge is -2.07. The largest absolute Gasteiger partial charge is 0.310 e. The second-order valence-corrected chi connectivity index (χ2v) is 4.89. The van der Waals surface area contributed by atoms with Crippen molar-refractivity contribution in [2.24, 2.45) is 0 Å². The van der Waals surface area contributed by atoms with Crippen LogP contribution in [0, 0.1) is 6.92 Å². The molecule has 0 heterocycles. The predicted octanol–water partition coefficient (Wildman–Crippen LogP) is 2.63. The minimum absolute atomic E-state index is 0.749. The molecule has 0 radical (unpaired) electrons. The van der Waals surface area contributed by atoms with Gasteiger partial charge in [0.25, 0.3) is 0 Å². The average Bonchev–Trinajstić information content (AvgIpc) is 2.38. The lowest BCUT2D eigenvalue weighted by Crippen LogP contribution is -2.24. The van der Waals surface area contributed by atoms with E-state index in [1.807, 2.05) is 61.5 Å². The van der Waals surface area contributed by atoms with Crippen molar-refractivity contribution in [1.29, 1.82) is 0 Å². The van der Waals surface area contributed by atoms with Crippen molar-refractivity contribution >= 4 is 16.7 Å². The highest BCUT2D eigenvalue weighted by Crippen LogP contribution is 2.08. The van der Waals surface area contributed by atoms with Crippen molar-refractivity contribution in [3.63, 3.8) is 0 Å². The standard InChI is InChI=1S/C13H14N2OS/c1-11-7-9-13(10-8-11)17(16)15-14-12-5-3-2-4-6-12/h2-10,14-15H,1H3. The number of nitrogens with one attached hydrogen (secondary N) is 2. The van der Waals surface area contributed by atoms with E-state index in [-0.39, 0.29) is 0 Å². The summed E-state index contributed by atoms with van der Waals surface area (Å²) in [7, 11) is -1.25. The molecule has 0 spiro atoms. The quantitative estimate of drug-likeness (QED) is 0.814. The van der Waals surface area contributed by atoms with Crippen LogP contribution in [0.15, 0.2) is 59.5 Å². The number of rotatable bonds is 4. The molecule has 1 unspecified atom stereocenters. The second-order valence-electron chi connectivity index (χ2n) is 3.67. The zero-order chi connectivity index (χ0) is 12.1. The molecule has 2 rings (SSSR count). The van der Waals surface area contributed by atoms with Gasteiger partial charge in [-0.15, -0.1) is 4.83 Å². The van der Waals surface area contributed by atoms with Crippen LogP contribution >= 0.6 is 0 Å². The lowest BCUT2D eigenvalue weighted by molar-refractivity contribution is 0.677. The summed E-state index contributed by atoms with van der Waals surface area (Å²) in [6, 6.07) is 17.2. The van der Waals surface area contributed by atoms with Crippen molar-refractivity contribution < 1.29 is 4.21 Å². The molecule has 0 aliphatic rings. The molecule has 88 valence electrons. The molecule has 0 fully saturated rings. The third kappa shape index (κ3) is 3.41. The van der Waals surface area contributed by atoms with Crippen LogP contribution in [0.4, 0.5) is 5.69 Å². The Morgan fingerprint density at radius 3 is 2.24 bits per heavy atom. The Bertz CT molecular complexity index is 497. The Hall–Kier alpha value is -1.65. The summed E-state index contributed by atoms with van der Waals surface area (Å²) in [6.07, 6.45) is 0. The molecule has 4 heteroatoms. The van der Waals surface area contributed by atoms with Crippen LogP contribution in [-0.4, -0.2) is 4.21 Å². The van der Waals surface area contributed by atoms with Gasteiger partial charge in [0.2, 0.25) is 0 Å². The Balaban J connectivity index is 1.96.